The quantitative estimate of drug-likeness (QED) is 0.452. The number of nitrogens with one attached hydrogen (secondary N) is 1. The Balaban J connectivity index is 1.23. The average Bonchev–Trinajstić information content (AvgIpc) is 3.17. The van der Waals surface area contributed by atoms with Crippen LogP contribution in [-0.2, 0) is 21.2 Å². The summed E-state index contributed by atoms with van der Waals surface area (Å²) < 4.78 is 27.1. The van der Waals surface area contributed by atoms with E-state index in [-0.39, 0.29) is 35.0 Å². The molecule has 0 unspecified atom stereocenters. The summed E-state index contributed by atoms with van der Waals surface area (Å²) in [6.45, 7) is 0.538. The number of carbonyl (C=O) groups is 1. The number of fused-ring (bicyclic) bond motifs is 3. The zero-order valence-electron chi connectivity index (χ0n) is 17.3. The van der Waals surface area contributed by atoms with Crippen molar-refractivity contribution in [3.8, 4) is 11.1 Å². The van der Waals surface area contributed by atoms with Gasteiger partial charge in [0.1, 0.15) is 10.0 Å². The number of anilines is 1. The first-order valence-electron chi connectivity index (χ1n) is 10.6. The summed E-state index contributed by atoms with van der Waals surface area (Å²) in [4.78, 5) is 16.7. The third kappa shape index (κ3) is 3.81. The minimum Gasteiger partial charge on any atom is -0.326 e. The van der Waals surface area contributed by atoms with E-state index < -0.39 is 10.0 Å². The van der Waals surface area contributed by atoms with Crippen LogP contribution < -0.4 is 5.32 Å². The van der Waals surface area contributed by atoms with Gasteiger partial charge in [0.2, 0.25) is 15.9 Å². The Hall–Kier alpha value is -2.74. The Bertz CT molecular complexity index is 1300. The van der Waals surface area contributed by atoms with Crippen molar-refractivity contribution in [2.24, 2.45) is 5.92 Å². The normalized spacial score (nSPS) is 16.4. The van der Waals surface area contributed by atoms with Crippen molar-refractivity contribution in [1.29, 1.82) is 0 Å². The fourth-order valence-corrected chi connectivity index (χ4v) is 6.43. The molecule has 32 heavy (non-hydrogen) atoms. The number of aromatic nitrogens is 1. The van der Waals surface area contributed by atoms with Gasteiger partial charge in [0, 0.05) is 30.9 Å². The first-order valence-corrected chi connectivity index (χ1v) is 12.4. The number of amides is 1. The predicted octanol–water partition coefficient (Wildman–Crippen LogP) is 4.35. The molecule has 0 saturated carbocycles. The number of rotatable bonds is 4. The minimum atomic E-state index is -3.73. The van der Waals surface area contributed by atoms with Crippen molar-refractivity contribution in [2.75, 3.05) is 18.4 Å². The van der Waals surface area contributed by atoms with Gasteiger partial charge >= 0.3 is 0 Å². The smallest absolute Gasteiger partial charge is 0.246 e. The van der Waals surface area contributed by atoms with Crippen LogP contribution in [0.5, 0.6) is 0 Å². The Morgan fingerprint density at radius 3 is 2.53 bits per heavy atom. The van der Waals surface area contributed by atoms with Crippen molar-refractivity contribution in [3.05, 3.63) is 77.1 Å². The lowest BCUT2D eigenvalue weighted by Gasteiger charge is -2.30. The molecular weight excluding hydrogens is 446 g/mol. The number of piperidine rings is 1. The molecule has 1 saturated heterocycles. The highest BCUT2D eigenvalue weighted by Gasteiger charge is 2.33. The van der Waals surface area contributed by atoms with E-state index in [1.54, 1.807) is 6.07 Å². The zero-order valence-corrected chi connectivity index (χ0v) is 18.9. The monoisotopic (exact) mass is 467 g/mol. The van der Waals surface area contributed by atoms with Crippen LogP contribution in [0.3, 0.4) is 0 Å². The Morgan fingerprint density at radius 1 is 1.00 bits per heavy atom. The summed E-state index contributed by atoms with van der Waals surface area (Å²) in [6.07, 6.45) is 3.23. The van der Waals surface area contributed by atoms with Crippen molar-refractivity contribution >= 4 is 33.2 Å². The SMILES string of the molecule is O=C(Nc1ccc2c(c1)Cc1ccccc1-2)C1CCN(S(=O)(=O)c2cccnc2Cl)CC1. The van der Waals surface area contributed by atoms with E-state index in [0.29, 0.717) is 12.8 Å². The van der Waals surface area contributed by atoms with E-state index in [2.05, 4.69) is 28.5 Å². The number of pyridine rings is 1. The second kappa shape index (κ2) is 8.31. The van der Waals surface area contributed by atoms with E-state index in [4.69, 9.17) is 11.6 Å². The maximum atomic E-state index is 12.9. The van der Waals surface area contributed by atoms with Crippen molar-refractivity contribution < 1.29 is 13.2 Å². The fraction of sp³-hybridized carbons (Fsp3) is 0.250. The molecule has 1 aliphatic carbocycles. The van der Waals surface area contributed by atoms with E-state index in [0.717, 1.165) is 12.1 Å². The molecule has 2 aromatic carbocycles. The van der Waals surface area contributed by atoms with Gasteiger partial charge in [-0.15, -0.1) is 0 Å². The highest BCUT2D eigenvalue weighted by molar-refractivity contribution is 7.89. The van der Waals surface area contributed by atoms with E-state index in [1.165, 1.54) is 38.8 Å². The van der Waals surface area contributed by atoms with Crippen LogP contribution in [0.2, 0.25) is 5.15 Å². The van der Waals surface area contributed by atoms with Crippen LogP contribution in [0.25, 0.3) is 11.1 Å². The summed E-state index contributed by atoms with van der Waals surface area (Å²) >= 11 is 5.99. The molecule has 1 N–H and O–H groups in total. The molecule has 6 nitrogen and oxygen atoms in total. The maximum absolute atomic E-state index is 12.9. The molecule has 8 heteroatoms. The second-order valence-electron chi connectivity index (χ2n) is 8.17. The second-order valence-corrected chi connectivity index (χ2v) is 10.4. The topological polar surface area (TPSA) is 79.4 Å². The highest BCUT2D eigenvalue weighted by Crippen LogP contribution is 2.37. The maximum Gasteiger partial charge on any atom is 0.246 e. The lowest BCUT2D eigenvalue weighted by atomic mass is 9.97. The molecule has 1 aromatic heterocycles. The molecule has 0 radical (unpaired) electrons. The molecule has 3 aromatic rings. The van der Waals surface area contributed by atoms with Crippen LogP contribution in [0.4, 0.5) is 5.69 Å². The van der Waals surface area contributed by atoms with Gasteiger partial charge in [0.05, 0.1) is 0 Å². The molecule has 0 bridgehead atoms. The Morgan fingerprint density at radius 2 is 1.75 bits per heavy atom. The number of nitrogens with zero attached hydrogens (tertiary/aromatic N) is 2. The standard InChI is InChI=1S/C24H22ClN3O3S/c25-23-22(6-3-11-26-23)32(30,31)28-12-9-16(10-13-28)24(29)27-19-7-8-21-18(15-19)14-17-4-1-2-5-20(17)21/h1-8,11,15-16H,9-10,12-14H2,(H,27,29). The average molecular weight is 468 g/mol. The Labute approximate surface area is 192 Å². The number of carbonyl (C=O) groups excluding carboxylic acids is 1. The molecule has 1 aliphatic heterocycles. The van der Waals surface area contributed by atoms with Gasteiger partial charge in [0.25, 0.3) is 0 Å². The number of benzene rings is 2. The first kappa shape index (κ1) is 21.1. The van der Waals surface area contributed by atoms with Crippen molar-refractivity contribution in [1.82, 2.24) is 9.29 Å². The van der Waals surface area contributed by atoms with E-state index in [9.17, 15) is 13.2 Å². The van der Waals surface area contributed by atoms with Gasteiger partial charge < -0.3 is 5.32 Å². The van der Waals surface area contributed by atoms with Gasteiger partial charge in [-0.25, -0.2) is 13.4 Å². The third-order valence-electron chi connectivity index (χ3n) is 6.23. The molecule has 5 rings (SSSR count). The van der Waals surface area contributed by atoms with Crippen LogP contribution in [0, 0.1) is 5.92 Å². The molecule has 164 valence electrons. The number of hydrogen-bond acceptors (Lipinski definition) is 4. The molecule has 1 fully saturated rings. The van der Waals surface area contributed by atoms with Gasteiger partial charge in [-0.1, -0.05) is 41.9 Å². The van der Waals surface area contributed by atoms with Crippen LogP contribution in [0.15, 0.2) is 65.7 Å². The number of hydrogen-bond donors (Lipinski definition) is 1. The van der Waals surface area contributed by atoms with Crippen LogP contribution in [0.1, 0.15) is 24.0 Å². The summed E-state index contributed by atoms with van der Waals surface area (Å²) in [6, 6.07) is 17.4. The lowest BCUT2D eigenvalue weighted by molar-refractivity contribution is -0.120. The molecule has 0 atom stereocenters. The van der Waals surface area contributed by atoms with Crippen molar-refractivity contribution in [3.63, 3.8) is 0 Å². The molecule has 0 spiro atoms. The Kier molecular flexibility index (Phi) is 5.49. The molecule has 2 aliphatic rings. The van der Waals surface area contributed by atoms with Gasteiger partial charge in [-0.3, -0.25) is 4.79 Å². The molecule has 1 amide bonds. The zero-order chi connectivity index (χ0) is 22.3. The van der Waals surface area contributed by atoms with Crippen LogP contribution in [-0.4, -0.2) is 36.7 Å². The van der Waals surface area contributed by atoms with E-state index in [1.807, 2.05) is 24.3 Å². The highest BCUT2D eigenvalue weighted by atomic mass is 35.5. The third-order valence-corrected chi connectivity index (χ3v) is 8.57. The van der Waals surface area contributed by atoms with Gasteiger partial charge in [0.15, 0.2) is 0 Å². The van der Waals surface area contributed by atoms with Crippen molar-refractivity contribution in [2.45, 2.75) is 24.2 Å². The van der Waals surface area contributed by atoms with Gasteiger partial charge in [-0.2, -0.15) is 4.31 Å². The number of halogens is 1. The summed E-state index contributed by atoms with van der Waals surface area (Å²) in [5.74, 6) is -0.312. The molecular formula is C24H22ClN3O3S. The number of sulfonamides is 1. The van der Waals surface area contributed by atoms with Crippen LogP contribution >= 0.6 is 11.6 Å². The lowest BCUT2D eigenvalue weighted by Crippen LogP contribution is -2.41. The predicted molar refractivity (Wildman–Crippen MR) is 124 cm³/mol. The first-order chi connectivity index (χ1) is 15.4. The largest absolute Gasteiger partial charge is 0.326 e. The van der Waals surface area contributed by atoms with Gasteiger partial charge in [-0.05, 0) is 65.8 Å². The fourth-order valence-electron chi connectivity index (χ4n) is 4.53. The van der Waals surface area contributed by atoms with E-state index >= 15 is 0 Å². The summed E-state index contributed by atoms with van der Waals surface area (Å²) in [5.41, 5.74) is 5.75. The summed E-state index contributed by atoms with van der Waals surface area (Å²) in [5, 5.41) is 2.99. The minimum absolute atomic E-state index is 0.00343. The molecule has 2 heterocycles. The summed E-state index contributed by atoms with van der Waals surface area (Å²) in [7, 11) is -3.73.